The molecule has 1 amide bonds. The third-order valence-corrected chi connectivity index (χ3v) is 4.54. The minimum atomic E-state index is -0.540. The maximum Gasteiger partial charge on any atom is 0.217 e. The molecular weight excluding hydrogens is 383 g/mol. The number of rotatable bonds is 6. The summed E-state index contributed by atoms with van der Waals surface area (Å²) < 4.78 is 20.7. The van der Waals surface area contributed by atoms with Crippen molar-refractivity contribution >= 4 is 17.5 Å². The fraction of sp³-hybridized carbons (Fsp3) is 0.250. The van der Waals surface area contributed by atoms with Crippen LogP contribution in [0.15, 0.2) is 42.5 Å². The van der Waals surface area contributed by atoms with E-state index in [1.807, 2.05) is 31.2 Å². The van der Waals surface area contributed by atoms with E-state index in [2.05, 4.69) is 15.4 Å². The van der Waals surface area contributed by atoms with Gasteiger partial charge in [0.15, 0.2) is 11.6 Å². The Morgan fingerprint density at radius 1 is 1.29 bits per heavy atom. The average Bonchev–Trinajstić information content (AvgIpc) is 3.12. The molecule has 1 atom stereocenters. The van der Waals surface area contributed by atoms with E-state index in [-0.39, 0.29) is 10.9 Å². The summed E-state index contributed by atoms with van der Waals surface area (Å²) in [7, 11) is 1.59. The Morgan fingerprint density at radius 3 is 2.57 bits per heavy atom. The lowest BCUT2D eigenvalue weighted by atomic mass is 10.1. The highest BCUT2D eigenvalue weighted by Crippen LogP contribution is 2.27. The van der Waals surface area contributed by atoms with Gasteiger partial charge in [-0.05, 0) is 42.8 Å². The first-order valence-electron chi connectivity index (χ1n) is 8.74. The average molecular weight is 403 g/mol. The third-order valence-electron chi connectivity index (χ3n) is 4.23. The van der Waals surface area contributed by atoms with Crippen LogP contribution in [0, 0.1) is 5.82 Å². The van der Waals surface area contributed by atoms with Crippen LogP contribution >= 0.6 is 11.6 Å². The second kappa shape index (κ2) is 8.39. The van der Waals surface area contributed by atoms with E-state index in [9.17, 15) is 9.18 Å². The topological polar surface area (TPSA) is 69.0 Å². The maximum absolute atomic E-state index is 13.9. The highest BCUT2D eigenvalue weighted by atomic mass is 35.5. The largest absolute Gasteiger partial charge is 0.497 e. The molecule has 0 saturated carbocycles. The molecule has 3 aromatic rings. The molecule has 0 fully saturated rings. The van der Waals surface area contributed by atoms with Gasteiger partial charge in [-0.15, -0.1) is 0 Å². The summed E-state index contributed by atoms with van der Waals surface area (Å²) in [6.07, 6.45) is 0. The number of nitrogens with one attached hydrogen (secondary N) is 1. The number of halogens is 2. The molecule has 1 heterocycles. The number of amides is 1. The zero-order chi connectivity index (χ0) is 20.3. The van der Waals surface area contributed by atoms with Gasteiger partial charge in [0, 0.05) is 19.0 Å². The number of aryl methyl sites for hydroxylation is 1. The van der Waals surface area contributed by atoms with Crippen molar-refractivity contribution in [2.75, 3.05) is 7.11 Å². The van der Waals surface area contributed by atoms with Crippen molar-refractivity contribution in [1.82, 2.24) is 20.1 Å². The summed E-state index contributed by atoms with van der Waals surface area (Å²) in [6.45, 7) is 3.90. The first-order valence-corrected chi connectivity index (χ1v) is 9.12. The number of carbonyl (C=O) groups excluding carboxylic acids is 1. The molecule has 0 radical (unpaired) electrons. The van der Waals surface area contributed by atoms with Gasteiger partial charge in [-0.2, -0.15) is 5.10 Å². The summed E-state index contributed by atoms with van der Waals surface area (Å²) in [5.41, 5.74) is 1.33. The van der Waals surface area contributed by atoms with Gasteiger partial charge in [0.05, 0.1) is 12.1 Å². The number of benzene rings is 2. The van der Waals surface area contributed by atoms with Gasteiger partial charge in [-0.25, -0.2) is 14.1 Å². The molecule has 3 rings (SSSR count). The molecule has 0 saturated heterocycles. The number of carbonyl (C=O) groups is 1. The van der Waals surface area contributed by atoms with E-state index in [4.69, 9.17) is 16.3 Å². The molecule has 2 aromatic carbocycles. The van der Waals surface area contributed by atoms with Crippen LogP contribution < -0.4 is 10.1 Å². The van der Waals surface area contributed by atoms with Crippen molar-refractivity contribution < 1.29 is 13.9 Å². The molecular formula is C20H20ClFN4O2. The van der Waals surface area contributed by atoms with Crippen LogP contribution in [0.2, 0.25) is 5.02 Å². The quantitative estimate of drug-likeness (QED) is 0.676. The SMILES string of the molecule is CCn1nc(-c2ccc(Cl)c(F)c2)nc1C(NC(C)=O)c1ccc(OC)cc1. The van der Waals surface area contributed by atoms with E-state index in [1.54, 1.807) is 17.9 Å². The maximum atomic E-state index is 13.9. The second-order valence-corrected chi connectivity index (χ2v) is 6.55. The number of nitrogens with zero attached hydrogens (tertiary/aromatic N) is 3. The van der Waals surface area contributed by atoms with Crippen LogP contribution in [-0.4, -0.2) is 27.8 Å². The number of methoxy groups -OCH3 is 1. The lowest BCUT2D eigenvalue weighted by Crippen LogP contribution is -2.29. The van der Waals surface area contributed by atoms with Crippen molar-refractivity contribution in [3.8, 4) is 17.1 Å². The molecule has 0 aliphatic carbocycles. The molecule has 1 unspecified atom stereocenters. The second-order valence-electron chi connectivity index (χ2n) is 6.14. The molecule has 1 aromatic heterocycles. The van der Waals surface area contributed by atoms with Crippen LogP contribution in [0.4, 0.5) is 4.39 Å². The predicted octanol–water partition coefficient (Wildman–Crippen LogP) is 3.99. The Kier molecular flexibility index (Phi) is 5.94. The van der Waals surface area contributed by atoms with E-state index < -0.39 is 11.9 Å². The van der Waals surface area contributed by atoms with E-state index >= 15 is 0 Å². The minimum Gasteiger partial charge on any atom is -0.497 e. The van der Waals surface area contributed by atoms with Gasteiger partial charge >= 0.3 is 0 Å². The first-order chi connectivity index (χ1) is 13.4. The Morgan fingerprint density at radius 2 is 2.00 bits per heavy atom. The van der Waals surface area contributed by atoms with E-state index in [0.717, 1.165) is 5.56 Å². The van der Waals surface area contributed by atoms with E-state index in [1.165, 1.54) is 19.1 Å². The lowest BCUT2D eigenvalue weighted by molar-refractivity contribution is -0.119. The Balaban J connectivity index is 2.07. The van der Waals surface area contributed by atoms with Crippen molar-refractivity contribution in [3.05, 3.63) is 64.7 Å². The van der Waals surface area contributed by atoms with Crippen LogP contribution in [0.5, 0.6) is 5.75 Å². The Labute approximate surface area is 167 Å². The Bertz CT molecular complexity index is 988. The van der Waals surface area contributed by atoms with Crippen LogP contribution in [-0.2, 0) is 11.3 Å². The molecule has 0 bridgehead atoms. The summed E-state index contributed by atoms with van der Waals surface area (Å²) in [5, 5.41) is 7.42. The van der Waals surface area contributed by atoms with Crippen molar-refractivity contribution in [1.29, 1.82) is 0 Å². The molecule has 28 heavy (non-hydrogen) atoms. The van der Waals surface area contributed by atoms with Gasteiger partial charge in [0.1, 0.15) is 17.6 Å². The zero-order valence-corrected chi connectivity index (χ0v) is 16.5. The third kappa shape index (κ3) is 4.14. The first kappa shape index (κ1) is 19.8. The van der Waals surface area contributed by atoms with Crippen molar-refractivity contribution in [3.63, 3.8) is 0 Å². The fourth-order valence-corrected chi connectivity index (χ4v) is 2.97. The number of hydrogen-bond acceptors (Lipinski definition) is 4. The summed E-state index contributed by atoms with van der Waals surface area (Å²) in [4.78, 5) is 16.4. The normalized spacial score (nSPS) is 11.9. The summed E-state index contributed by atoms with van der Waals surface area (Å²) >= 11 is 5.77. The molecule has 8 heteroatoms. The van der Waals surface area contributed by atoms with Gasteiger partial charge in [0.2, 0.25) is 5.91 Å². The standard InChI is InChI=1S/C20H20ClFN4O2/c1-4-26-20(24-19(25-26)14-7-10-16(21)17(22)11-14)18(23-12(2)27)13-5-8-15(28-3)9-6-13/h5-11,18H,4H2,1-3H3,(H,23,27). The Hall–Kier alpha value is -2.93. The smallest absolute Gasteiger partial charge is 0.217 e. The summed E-state index contributed by atoms with van der Waals surface area (Å²) in [5.74, 6) is 0.872. The van der Waals surface area contributed by atoms with Gasteiger partial charge in [-0.1, -0.05) is 23.7 Å². The van der Waals surface area contributed by atoms with Crippen LogP contribution in [0.3, 0.4) is 0 Å². The number of aromatic nitrogens is 3. The van der Waals surface area contributed by atoms with Gasteiger partial charge in [0.25, 0.3) is 0 Å². The van der Waals surface area contributed by atoms with Gasteiger partial charge < -0.3 is 10.1 Å². The molecule has 6 nitrogen and oxygen atoms in total. The molecule has 0 spiro atoms. The summed E-state index contributed by atoms with van der Waals surface area (Å²) in [6, 6.07) is 11.2. The highest BCUT2D eigenvalue weighted by Gasteiger charge is 2.23. The molecule has 0 aliphatic rings. The number of ether oxygens (including phenoxy) is 1. The van der Waals surface area contributed by atoms with Gasteiger partial charge in [-0.3, -0.25) is 4.79 Å². The zero-order valence-electron chi connectivity index (χ0n) is 15.7. The van der Waals surface area contributed by atoms with Crippen molar-refractivity contribution in [2.45, 2.75) is 26.4 Å². The van der Waals surface area contributed by atoms with Crippen LogP contribution in [0.1, 0.15) is 31.3 Å². The fourth-order valence-electron chi connectivity index (χ4n) is 2.85. The molecule has 1 N–H and O–H groups in total. The number of hydrogen-bond donors (Lipinski definition) is 1. The minimum absolute atomic E-state index is 0.0354. The molecule has 0 aliphatic heterocycles. The van der Waals surface area contributed by atoms with E-state index in [0.29, 0.717) is 29.5 Å². The predicted molar refractivity (Wildman–Crippen MR) is 105 cm³/mol. The van der Waals surface area contributed by atoms with Crippen LogP contribution in [0.25, 0.3) is 11.4 Å². The van der Waals surface area contributed by atoms with Crippen molar-refractivity contribution in [2.24, 2.45) is 0 Å². The monoisotopic (exact) mass is 402 g/mol. The molecule has 146 valence electrons. The lowest BCUT2D eigenvalue weighted by Gasteiger charge is -2.18. The highest BCUT2D eigenvalue weighted by molar-refractivity contribution is 6.30.